The summed E-state index contributed by atoms with van der Waals surface area (Å²) < 4.78 is 21.1. The molecule has 1 aliphatic heterocycles. The second kappa shape index (κ2) is 8.75. The molecule has 4 aromatic rings. The molecule has 0 aliphatic carbocycles. The maximum Gasteiger partial charge on any atom is 0.339 e. The number of nitrogens with zero attached hydrogens (tertiary/aromatic N) is 4. The number of benzene rings is 2. The minimum Gasteiger partial charge on any atom is -0.465 e. The van der Waals surface area contributed by atoms with Crippen LogP contribution in [0.5, 0.6) is 0 Å². The van der Waals surface area contributed by atoms with Gasteiger partial charge in [0.05, 0.1) is 36.3 Å². The van der Waals surface area contributed by atoms with Gasteiger partial charge in [-0.1, -0.05) is 23.9 Å². The van der Waals surface area contributed by atoms with Crippen molar-refractivity contribution >= 4 is 40.4 Å². The lowest BCUT2D eigenvalue weighted by Gasteiger charge is -2.14. The van der Waals surface area contributed by atoms with Crippen LogP contribution in [0.2, 0.25) is 0 Å². The zero-order valence-corrected chi connectivity index (χ0v) is 18.7. The molecule has 2 aromatic heterocycles. The fourth-order valence-electron chi connectivity index (χ4n) is 3.85. The summed E-state index contributed by atoms with van der Waals surface area (Å²) in [6.45, 7) is 0. The molecule has 1 amide bonds. The van der Waals surface area contributed by atoms with Crippen LogP contribution < -0.4 is 10.9 Å². The number of esters is 1. The molecule has 3 heterocycles. The van der Waals surface area contributed by atoms with Crippen molar-refractivity contribution in [2.24, 2.45) is 0 Å². The average Bonchev–Trinajstić information content (AvgIpc) is 3.44. The number of hydrogen-bond acceptors (Lipinski definition) is 7. The Morgan fingerprint density at radius 3 is 2.74 bits per heavy atom. The molecule has 0 spiro atoms. The number of amides is 1. The number of methoxy groups -OCH3 is 1. The molecule has 34 heavy (non-hydrogen) atoms. The molecule has 2 aromatic carbocycles. The normalized spacial score (nSPS) is 14.7. The predicted octanol–water partition coefficient (Wildman–Crippen LogP) is 3.18. The molecule has 0 bridgehead atoms. The molecular weight excluding hydrogens is 461 g/mol. The summed E-state index contributed by atoms with van der Waals surface area (Å²) in [7, 11) is 1.27. The number of nitrogens with one attached hydrogen (secondary N) is 1. The number of ether oxygens (including phenoxy) is 1. The van der Waals surface area contributed by atoms with E-state index in [1.807, 2.05) is 0 Å². The van der Waals surface area contributed by atoms with Crippen LogP contribution in [0, 0.1) is 5.82 Å². The van der Waals surface area contributed by atoms with Crippen LogP contribution in [-0.4, -0.2) is 44.1 Å². The van der Waals surface area contributed by atoms with Crippen molar-refractivity contribution in [1.29, 1.82) is 0 Å². The summed E-state index contributed by atoms with van der Waals surface area (Å²) >= 11 is 1.37. The summed E-state index contributed by atoms with van der Waals surface area (Å²) in [5.41, 5.74) is 1.23. The second-order valence-corrected chi connectivity index (χ2v) is 8.58. The SMILES string of the molecule is COC(=O)c1ccccc1NC(=O)CC1CSc2nc3c(cnn3-c3ccc(F)cc3)c(=O)n21. The van der Waals surface area contributed by atoms with Gasteiger partial charge in [-0.15, -0.1) is 0 Å². The smallest absolute Gasteiger partial charge is 0.339 e. The maximum atomic E-state index is 13.3. The van der Waals surface area contributed by atoms with E-state index in [2.05, 4.69) is 15.4 Å². The Balaban J connectivity index is 1.42. The quantitative estimate of drug-likeness (QED) is 0.346. The van der Waals surface area contributed by atoms with Crippen LogP contribution in [0.1, 0.15) is 22.8 Å². The van der Waals surface area contributed by atoms with E-state index in [1.54, 1.807) is 36.4 Å². The van der Waals surface area contributed by atoms with Crippen molar-refractivity contribution in [3.8, 4) is 5.69 Å². The topological polar surface area (TPSA) is 108 Å². The third-order valence-electron chi connectivity index (χ3n) is 5.47. The number of halogens is 1. The molecule has 172 valence electrons. The Labute approximate surface area is 196 Å². The highest BCUT2D eigenvalue weighted by molar-refractivity contribution is 7.99. The first kappa shape index (κ1) is 21.8. The van der Waals surface area contributed by atoms with Crippen LogP contribution in [0.3, 0.4) is 0 Å². The van der Waals surface area contributed by atoms with Gasteiger partial charge in [-0.25, -0.2) is 18.9 Å². The molecule has 1 atom stereocenters. The van der Waals surface area contributed by atoms with E-state index in [0.717, 1.165) is 0 Å². The first-order valence-electron chi connectivity index (χ1n) is 10.3. The number of para-hydroxylation sites is 1. The predicted molar refractivity (Wildman–Crippen MR) is 124 cm³/mol. The third kappa shape index (κ3) is 3.83. The van der Waals surface area contributed by atoms with Crippen LogP contribution in [0.4, 0.5) is 10.1 Å². The Morgan fingerprint density at radius 2 is 1.97 bits per heavy atom. The van der Waals surface area contributed by atoms with Gasteiger partial charge in [0.2, 0.25) is 5.91 Å². The molecule has 9 nitrogen and oxygen atoms in total. The third-order valence-corrected chi connectivity index (χ3v) is 6.57. The van der Waals surface area contributed by atoms with E-state index in [9.17, 15) is 18.8 Å². The first-order chi connectivity index (χ1) is 16.5. The van der Waals surface area contributed by atoms with E-state index in [1.165, 1.54) is 46.5 Å². The van der Waals surface area contributed by atoms with E-state index in [0.29, 0.717) is 33.3 Å². The van der Waals surface area contributed by atoms with E-state index in [4.69, 9.17) is 4.74 Å². The summed E-state index contributed by atoms with van der Waals surface area (Å²) in [5.74, 6) is -0.785. The number of carbonyl (C=O) groups is 2. The van der Waals surface area contributed by atoms with Gasteiger partial charge in [-0.05, 0) is 36.4 Å². The minimum absolute atomic E-state index is 0.0225. The zero-order valence-electron chi connectivity index (χ0n) is 17.9. The molecule has 1 aliphatic rings. The largest absolute Gasteiger partial charge is 0.465 e. The number of thioether (sulfide) groups is 1. The molecule has 0 saturated carbocycles. The van der Waals surface area contributed by atoms with Crippen molar-refractivity contribution in [1.82, 2.24) is 19.3 Å². The van der Waals surface area contributed by atoms with Crippen LogP contribution in [-0.2, 0) is 9.53 Å². The second-order valence-electron chi connectivity index (χ2n) is 7.59. The van der Waals surface area contributed by atoms with E-state index < -0.39 is 12.0 Å². The van der Waals surface area contributed by atoms with Gasteiger partial charge >= 0.3 is 5.97 Å². The molecule has 0 fully saturated rings. The summed E-state index contributed by atoms with van der Waals surface area (Å²) in [5, 5.41) is 7.78. The lowest BCUT2D eigenvalue weighted by molar-refractivity contribution is -0.116. The fraction of sp³-hybridized carbons (Fsp3) is 0.174. The molecule has 11 heteroatoms. The minimum atomic E-state index is -0.557. The van der Waals surface area contributed by atoms with E-state index >= 15 is 0 Å². The van der Waals surface area contributed by atoms with Gasteiger partial charge < -0.3 is 10.1 Å². The Bertz CT molecular complexity index is 1480. The number of carbonyl (C=O) groups excluding carboxylic acids is 2. The lowest BCUT2D eigenvalue weighted by Crippen LogP contribution is -2.28. The molecular formula is C23H18FN5O4S. The lowest BCUT2D eigenvalue weighted by atomic mass is 10.1. The van der Waals surface area contributed by atoms with Gasteiger partial charge in [0, 0.05) is 12.2 Å². The number of aromatic nitrogens is 4. The summed E-state index contributed by atoms with van der Waals surface area (Å²) in [6.07, 6.45) is 1.45. The highest BCUT2D eigenvalue weighted by atomic mass is 32.2. The number of hydrogen-bond donors (Lipinski definition) is 1. The van der Waals surface area contributed by atoms with Gasteiger partial charge in [0.25, 0.3) is 5.56 Å². The number of rotatable bonds is 5. The van der Waals surface area contributed by atoms with Crippen LogP contribution in [0.25, 0.3) is 16.7 Å². The molecule has 1 N–H and O–H groups in total. The van der Waals surface area contributed by atoms with Gasteiger partial charge in [-0.3, -0.25) is 14.2 Å². The van der Waals surface area contributed by atoms with E-state index in [-0.39, 0.29) is 29.3 Å². The fourth-order valence-corrected chi connectivity index (χ4v) is 4.98. The molecule has 0 radical (unpaired) electrons. The van der Waals surface area contributed by atoms with Crippen LogP contribution in [0.15, 0.2) is 64.7 Å². The average molecular weight is 479 g/mol. The molecule has 5 rings (SSSR count). The zero-order chi connectivity index (χ0) is 23.8. The molecule has 0 saturated heterocycles. The first-order valence-corrected chi connectivity index (χ1v) is 11.3. The molecule has 1 unspecified atom stereocenters. The Kier molecular flexibility index (Phi) is 5.62. The van der Waals surface area contributed by atoms with Gasteiger partial charge in [0.15, 0.2) is 10.8 Å². The highest BCUT2D eigenvalue weighted by Gasteiger charge is 2.30. The van der Waals surface area contributed by atoms with Crippen molar-refractivity contribution in [3.05, 3.63) is 76.5 Å². The monoisotopic (exact) mass is 479 g/mol. The highest BCUT2D eigenvalue weighted by Crippen LogP contribution is 2.33. The Hall–Kier alpha value is -3.99. The Morgan fingerprint density at radius 1 is 1.21 bits per heavy atom. The van der Waals surface area contributed by atoms with Crippen molar-refractivity contribution in [2.75, 3.05) is 18.2 Å². The van der Waals surface area contributed by atoms with Gasteiger partial charge in [-0.2, -0.15) is 5.10 Å². The van der Waals surface area contributed by atoms with Crippen molar-refractivity contribution in [2.45, 2.75) is 17.6 Å². The number of anilines is 1. The standard InChI is InChI=1S/C23H18FN5O4S/c1-33-22(32)16-4-2-3-5-18(16)26-19(30)10-15-12-34-23-27-20-17(21(31)28(15)23)11-25-29(20)14-8-6-13(24)7-9-14/h2-9,11,15H,10,12H2,1H3,(H,26,30). The van der Waals surface area contributed by atoms with Crippen LogP contribution >= 0.6 is 11.8 Å². The maximum absolute atomic E-state index is 13.3. The summed E-state index contributed by atoms with van der Waals surface area (Å²) in [4.78, 5) is 42.6. The number of fused-ring (bicyclic) bond motifs is 2. The van der Waals surface area contributed by atoms with Crippen molar-refractivity contribution in [3.63, 3.8) is 0 Å². The van der Waals surface area contributed by atoms with Gasteiger partial charge in [0.1, 0.15) is 11.2 Å². The van der Waals surface area contributed by atoms with Crippen molar-refractivity contribution < 1.29 is 18.7 Å². The summed E-state index contributed by atoms with van der Waals surface area (Å²) in [6, 6.07) is 11.9.